The maximum atomic E-state index is 13.6. The van der Waals surface area contributed by atoms with Crippen LogP contribution in [0.3, 0.4) is 0 Å². The van der Waals surface area contributed by atoms with Crippen molar-refractivity contribution in [2.75, 3.05) is 11.9 Å². The molecule has 3 aliphatic rings. The van der Waals surface area contributed by atoms with E-state index < -0.39 is 0 Å². The molecule has 5 heteroatoms. The minimum Gasteiger partial charge on any atom is -0.508 e. The molecular weight excluding hydrogens is 376 g/mol. The van der Waals surface area contributed by atoms with Crippen molar-refractivity contribution in [2.45, 2.75) is 57.9 Å². The van der Waals surface area contributed by atoms with Gasteiger partial charge in [-0.05, 0) is 65.6 Å². The van der Waals surface area contributed by atoms with Gasteiger partial charge in [-0.1, -0.05) is 32.9 Å². The summed E-state index contributed by atoms with van der Waals surface area (Å²) in [6.07, 6.45) is 2.64. The predicted octanol–water partition coefficient (Wildman–Crippen LogP) is 4.03. The van der Waals surface area contributed by atoms with E-state index in [0.29, 0.717) is 37.1 Å². The number of likely N-dealkylation sites (tertiary alicyclic amines) is 1. The summed E-state index contributed by atoms with van der Waals surface area (Å²) in [5.41, 5.74) is 4.49. The zero-order valence-corrected chi connectivity index (χ0v) is 17.8. The van der Waals surface area contributed by atoms with Gasteiger partial charge in [0.15, 0.2) is 0 Å². The molecule has 0 aromatic heterocycles. The number of phenols is 1. The summed E-state index contributed by atoms with van der Waals surface area (Å²) < 4.78 is 0. The molecule has 0 radical (unpaired) electrons. The molecule has 1 fully saturated rings. The highest BCUT2D eigenvalue weighted by atomic mass is 16.3. The Labute approximate surface area is 177 Å². The number of fused-ring (bicyclic) bond motifs is 5. The van der Waals surface area contributed by atoms with Crippen molar-refractivity contribution in [3.8, 4) is 5.75 Å². The molecule has 2 aliphatic heterocycles. The fourth-order valence-corrected chi connectivity index (χ4v) is 5.85. The minimum absolute atomic E-state index is 0.0142. The Morgan fingerprint density at radius 2 is 1.97 bits per heavy atom. The Kier molecular flexibility index (Phi) is 4.05. The third-order valence-corrected chi connectivity index (χ3v) is 8.14. The number of nitrogens with zero attached hydrogens (tertiary/aromatic N) is 1. The number of piperidine rings is 1. The summed E-state index contributed by atoms with van der Waals surface area (Å²) in [4.78, 5) is 27.3. The molecule has 5 rings (SSSR count). The van der Waals surface area contributed by atoms with E-state index in [-0.39, 0.29) is 28.7 Å². The Morgan fingerprint density at radius 3 is 2.77 bits per heavy atom. The standard InChI is InChI=1S/C25H28N2O3/c1-24(2)21-14-17-18(5-4-6-20(17)28)25(24,3)11-12-27(21)23(30)16-7-9-19-15(13-16)8-10-22(29)26-19/h4-7,9,13,21,28H,8,10-12,14H2,1-3H3,(H,26,29)/t21-,25+/m1/s1. The molecule has 2 amide bonds. The quantitative estimate of drug-likeness (QED) is 0.754. The number of phenolic OH excluding ortho intramolecular Hbond substituents is 1. The summed E-state index contributed by atoms with van der Waals surface area (Å²) in [7, 11) is 0. The van der Waals surface area contributed by atoms with Crippen molar-refractivity contribution in [3.63, 3.8) is 0 Å². The average Bonchev–Trinajstić information content (AvgIpc) is 2.70. The molecular formula is C25H28N2O3. The van der Waals surface area contributed by atoms with E-state index in [1.165, 1.54) is 5.56 Å². The second-order valence-electron chi connectivity index (χ2n) is 9.75. The highest BCUT2D eigenvalue weighted by Gasteiger charge is 2.57. The van der Waals surface area contributed by atoms with Gasteiger partial charge in [-0.25, -0.2) is 0 Å². The monoisotopic (exact) mass is 404 g/mol. The molecule has 0 spiro atoms. The number of hydrogen-bond donors (Lipinski definition) is 2. The summed E-state index contributed by atoms with van der Waals surface area (Å²) in [6.45, 7) is 7.49. The van der Waals surface area contributed by atoms with Crippen LogP contribution in [0.1, 0.15) is 60.7 Å². The minimum atomic E-state index is -0.121. The van der Waals surface area contributed by atoms with Crippen LogP contribution in [-0.4, -0.2) is 34.4 Å². The summed E-state index contributed by atoms with van der Waals surface area (Å²) >= 11 is 0. The lowest BCUT2D eigenvalue weighted by atomic mass is 9.51. The van der Waals surface area contributed by atoms with Gasteiger partial charge < -0.3 is 15.3 Å². The SMILES string of the molecule is CC1(C)[C@H]2Cc3c(O)cccc3[C@]1(C)CCN2C(=O)c1ccc2c(c1)CCC(=O)N2. The Morgan fingerprint density at radius 1 is 1.17 bits per heavy atom. The van der Waals surface area contributed by atoms with E-state index in [9.17, 15) is 14.7 Å². The molecule has 2 aromatic rings. The molecule has 0 unspecified atom stereocenters. The number of hydrogen-bond acceptors (Lipinski definition) is 3. The van der Waals surface area contributed by atoms with Gasteiger partial charge in [-0.2, -0.15) is 0 Å². The summed E-state index contributed by atoms with van der Waals surface area (Å²) in [5.74, 6) is 0.395. The number of carbonyl (C=O) groups excluding carboxylic acids is 2. The highest BCUT2D eigenvalue weighted by Crippen LogP contribution is 2.57. The van der Waals surface area contributed by atoms with Gasteiger partial charge >= 0.3 is 0 Å². The predicted molar refractivity (Wildman–Crippen MR) is 116 cm³/mol. The molecule has 1 saturated heterocycles. The molecule has 0 saturated carbocycles. The molecule has 5 nitrogen and oxygen atoms in total. The number of anilines is 1. The molecule has 2 atom stereocenters. The molecule has 156 valence electrons. The second kappa shape index (κ2) is 6.34. The van der Waals surface area contributed by atoms with Gasteiger partial charge in [0.1, 0.15) is 5.75 Å². The number of benzene rings is 2. The van der Waals surface area contributed by atoms with Crippen molar-refractivity contribution < 1.29 is 14.7 Å². The van der Waals surface area contributed by atoms with Crippen LogP contribution in [0.15, 0.2) is 36.4 Å². The van der Waals surface area contributed by atoms with Crippen molar-refractivity contribution >= 4 is 17.5 Å². The first-order valence-corrected chi connectivity index (χ1v) is 10.8. The molecule has 2 bridgehead atoms. The third kappa shape index (κ3) is 2.54. The second-order valence-corrected chi connectivity index (χ2v) is 9.75. The van der Waals surface area contributed by atoms with Gasteiger partial charge in [-0.15, -0.1) is 0 Å². The first kappa shape index (κ1) is 19.2. The highest BCUT2D eigenvalue weighted by molar-refractivity contribution is 5.98. The Bertz CT molecular complexity index is 1070. The lowest BCUT2D eigenvalue weighted by molar-refractivity contribution is -0.116. The Balaban J connectivity index is 1.52. The fourth-order valence-electron chi connectivity index (χ4n) is 5.85. The van der Waals surface area contributed by atoms with Crippen molar-refractivity contribution in [1.29, 1.82) is 0 Å². The van der Waals surface area contributed by atoms with Crippen LogP contribution in [0, 0.1) is 5.41 Å². The zero-order chi connectivity index (χ0) is 21.3. The van der Waals surface area contributed by atoms with E-state index in [1.807, 2.05) is 29.2 Å². The maximum Gasteiger partial charge on any atom is 0.254 e. The van der Waals surface area contributed by atoms with Crippen LogP contribution in [-0.2, 0) is 23.1 Å². The number of aryl methyl sites for hydroxylation is 1. The summed E-state index contributed by atoms with van der Waals surface area (Å²) in [6, 6.07) is 11.4. The van der Waals surface area contributed by atoms with Crippen molar-refractivity contribution in [2.24, 2.45) is 5.41 Å². The van der Waals surface area contributed by atoms with Gasteiger partial charge in [-0.3, -0.25) is 9.59 Å². The van der Waals surface area contributed by atoms with Crippen LogP contribution >= 0.6 is 0 Å². The fraction of sp³-hybridized carbons (Fsp3) is 0.440. The molecule has 2 heterocycles. The smallest absolute Gasteiger partial charge is 0.254 e. The summed E-state index contributed by atoms with van der Waals surface area (Å²) in [5, 5.41) is 13.4. The van der Waals surface area contributed by atoms with Gasteiger partial charge in [0.25, 0.3) is 5.91 Å². The first-order chi connectivity index (χ1) is 14.2. The number of rotatable bonds is 1. The van der Waals surface area contributed by atoms with Crippen LogP contribution in [0.4, 0.5) is 5.69 Å². The van der Waals surface area contributed by atoms with Gasteiger partial charge in [0, 0.05) is 35.7 Å². The largest absolute Gasteiger partial charge is 0.508 e. The average molecular weight is 405 g/mol. The lowest BCUT2D eigenvalue weighted by Crippen LogP contribution is -2.64. The number of nitrogens with one attached hydrogen (secondary N) is 1. The van der Waals surface area contributed by atoms with E-state index in [2.05, 4.69) is 32.2 Å². The maximum absolute atomic E-state index is 13.6. The Hall–Kier alpha value is -2.82. The zero-order valence-electron chi connectivity index (χ0n) is 17.8. The number of carbonyl (C=O) groups is 2. The molecule has 2 N–H and O–H groups in total. The lowest BCUT2D eigenvalue weighted by Gasteiger charge is -2.60. The van der Waals surface area contributed by atoms with Crippen molar-refractivity contribution in [1.82, 2.24) is 4.90 Å². The molecule has 2 aromatic carbocycles. The number of amides is 2. The van der Waals surface area contributed by atoms with E-state index in [4.69, 9.17) is 0 Å². The van der Waals surface area contributed by atoms with Crippen LogP contribution in [0.25, 0.3) is 0 Å². The van der Waals surface area contributed by atoms with Crippen LogP contribution < -0.4 is 5.32 Å². The van der Waals surface area contributed by atoms with Crippen molar-refractivity contribution in [3.05, 3.63) is 58.7 Å². The first-order valence-electron chi connectivity index (χ1n) is 10.8. The molecule has 1 aliphatic carbocycles. The van der Waals surface area contributed by atoms with Crippen LogP contribution in [0.5, 0.6) is 5.75 Å². The van der Waals surface area contributed by atoms with Gasteiger partial charge in [0.2, 0.25) is 5.91 Å². The van der Waals surface area contributed by atoms with E-state index in [0.717, 1.165) is 23.2 Å². The van der Waals surface area contributed by atoms with E-state index in [1.54, 1.807) is 6.07 Å². The normalized spacial score (nSPS) is 26.4. The third-order valence-electron chi connectivity index (χ3n) is 8.14. The molecule has 30 heavy (non-hydrogen) atoms. The van der Waals surface area contributed by atoms with E-state index >= 15 is 0 Å². The van der Waals surface area contributed by atoms with Gasteiger partial charge in [0.05, 0.1) is 0 Å². The number of aromatic hydroxyl groups is 1. The van der Waals surface area contributed by atoms with Crippen LogP contribution in [0.2, 0.25) is 0 Å². The topological polar surface area (TPSA) is 69.6 Å².